The second-order valence-corrected chi connectivity index (χ2v) is 4.65. The summed E-state index contributed by atoms with van der Waals surface area (Å²) in [6, 6.07) is 14.3. The van der Waals surface area contributed by atoms with Gasteiger partial charge in [0.15, 0.2) is 0 Å². The van der Waals surface area contributed by atoms with Crippen molar-refractivity contribution in [3.8, 4) is 0 Å². The van der Waals surface area contributed by atoms with Gasteiger partial charge in [0, 0.05) is 12.0 Å². The molecule has 0 unspecified atom stereocenters. The number of rotatable bonds is 2. The highest BCUT2D eigenvalue weighted by Gasteiger charge is 2.11. The monoisotopic (exact) mass is 265 g/mol. The Bertz CT molecular complexity index is 754. The summed E-state index contributed by atoms with van der Waals surface area (Å²) in [5.41, 5.74) is 19.2. The molecule has 3 rings (SSSR count). The third-order valence-corrected chi connectivity index (χ3v) is 3.34. The van der Waals surface area contributed by atoms with Gasteiger partial charge in [-0.3, -0.25) is 0 Å². The Morgan fingerprint density at radius 3 is 2.20 bits per heavy atom. The van der Waals surface area contributed by atoms with Crippen LogP contribution in [0.3, 0.4) is 0 Å². The van der Waals surface area contributed by atoms with Crippen molar-refractivity contribution >= 4 is 28.4 Å². The number of hydrogen-bond acceptors (Lipinski definition) is 5. The topological polar surface area (TPSA) is 104 Å². The maximum Gasteiger partial charge on any atom is 0.223 e. The number of fused-ring (bicyclic) bond motifs is 1. The molecule has 0 aliphatic heterocycles. The summed E-state index contributed by atoms with van der Waals surface area (Å²) < 4.78 is 0. The first-order chi connectivity index (χ1) is 9.65. The molecule has 0 saturated heterocycles. The van der Waals surface area contributed by atoms with E-state index in [1.165, 1.54) is 10.8 Å². The van der Waals surface area contributed by atoms with Crippen LogP contribution in [0.15, 0.2) is 42.5 Å². The first kappa shape index (κ1) is 12.2. The third-order valence-electron chi connectivity index (χ3n) is 3.34. The normalized spacial score (nSPS) is 10.8. The van der Waals surface area contributed by atoms with Crippen molar-refractivity contribution < 1.29 is 0 Å². The molecule has 100 valence electrons. The van der Waals surface area contributed by atoms with Gasteiger partial charge in [0.05, 0.1) is 0 Å². The molecule has 0 spiro atoms. The predicted molar refractivity (Wildman–Crippen MR) is 82.0 cm³/mol. The molecule has 20 heavy (non-hydrogen) atoms. The van der Waals surface area contributed by atoms with Crippen LogP contribution in [-0.2, 0) is 6.42 Å². The second kappa shape index (κ2) is 4.70. The van der Waals surface area contributed by atoms with Crippen molar-refractivity contribution in [3.05, 3.63) is 53.6 Å². The van der Waals surface area contributed by atoms with Crippen LogP contribution in [0.4, 0.5) is 17.6 Å². The van der Waals surface area contributed by atoms with Gasteiger partial charge in [0.25, 0.3) is 0 Å². The van der Waals surface area contributed by atoms with Crippen LogP contribution >= 0.6 is 0 Å². The van der Waals surface area contributed by atoms with Gasteiger partial charge in [-0.25, -0.2) is 0 Å². The van der Waals surface area contributed by atoms with Crippen molar-refractivity contribution in [1.29, 1.82) is 0 Å². The molecule has 5 heteroatoms. The highest BCUT2D eigenvalue weighted by molar-refractivity contribution is 5.86. The minimum Gasteiger partial charge on any atom is -0.383 e. The summed E-state index contributed by atoms with van der Waals surface area (Å²) in [6.07, 6.45) is 0.583. The molecule has 0 bridgehead atoms. The smallest absolute Gasteiger partial charge is 0.223 e. The highest BCUT2D eigenvalue weighted by Crippen LogP contribution is 2.25. The lowest BCUT2D eigenvalue weighted by Crippen LogP contribution is -2.09. The summed E-state index contributed by atoms with van der Waals surface area (Å²) >= 11 is 0. The molecule has 0 radical (unpaired) electrons. The zero-order valence-corrected chi connectivity index (χ0v) is 10.9. The standard InChI is InChI=1S/C15H15N5/c16-13-12(14(17)20-15(18)19-13)8-10-6-3-5-9-4-1-2-7-11(9)10/h1-7H,8H2,(H6,16,17,18,19,20). The Balaban J connectivity index is 2.10. The van der Waals surface area contributed by atoms with E-state index in [4.69, 9.17) is 17.2 Å². The Morgan fingerprint density at radius 2 is 1.45 bits per heavy atom. The number of nitrogens with two attached hydrogens (primary N) is 3. The minimum atomic E-state index is 0.0988. The van der Waals surface area contributed by atoms with E-state index in [2.05, 4.69) is 34.2 Å². The van der Waals surface area contributed by atoms with E-state index in [0.717, 1.165) is 11.1 Å². The third kappa shape index (κ3) is 2.09. The fraction of sp³-hybridized carbons (Fsp3) is 0.0667. The van der Waals surface area contributed by atoms with E-state index in [9.17, 15) is 0 Å². The van der Waals surface area contributed by atoms with E-state index < -0.39 is 0 Å². The van der Waals surface area contributed by atoms with Crippen LogP contribution in [0.2, 0.25) is 0 Å². The second-order valence-electron chi connectivity index (χ2n) is 4.65. The zero-order valence-electron chi connectivity index (χ0n) is 10.9. The Hall–Kier alpha value is -2.82. The molecule has 0 aliphatic rings. The number of anilines is 3. The molecule has 1 aromatic heterocycles. The molecular weight excluding hydrogens is 250 g/mol. The lowest BCUT2D eigenvalue weighted by atomic mass is 9.99. The van der Waals surface area contributed by atoms with Crippen LogP contribution in [-0.4, -0.2) is 9.97 Å². The average Bonchev–Trinajstić information content (AvgIpc) is 2.43. The van der Waals surface area contributed by atoms with Gasteiger partial charge >= 0.3 is 0 Å². The summed E-state index contributed by atoms with van der Waals surface area (Å²) in [7, 11) is 0. The van der Waals surface area contributed by atoms with Crippen molar-refractivity contribution in [2.75, 3.05) is 17.2 Å². The molecule has 5 nitrogen and oxygen atoms in total. The molecule has 3 aromatic rings. The Labute approximate surface area is 116 Å². The Morgan fingerprint density at radius 1 is 0.800 bits per heavy atom. The van der Waals surface area contributed by atoms with Gasteiger partial charge in [-0.2, -0.15) is 9.97 Å². The van der Waals surface area contributed by atoms with Gasteiger partial charge < -0.3 is 17.2 Å². The van der Waals surface area contributed by atoms with Crippen LogP contribution in [0, 0.1) is 0 Å². The number of nitrogens with zero attached hydrogens (tertiary/aromatic N) is 2. The largest absolute Gasteiger partial charge is 0.383 e. The summed E-state index contributed by atoms with van der Waals surface area (Å²) in [5.74, 6) is 0.771. The molecule has 0 aliphatic carbocycles. The van der Waals surface area contributed by atoms with Gasteiger partial charge in [-0.15, -0.1) is 0 Å². The number of hydrogen-bond donors (Lipinski definition) is 3. The minimum absolute atomic E-state index is 0.0988. The van der Waals surface area contributed by atoms with Crippen LogP contribution < -0.4 is 17.2 Å². The van der Waals surface area contributed by atoms with Crippen LogP contribution in [0.5, 0.6) is 0 Å². The van der Waals surface area contributed by atoms with Crippen LogP contribution in [0.25, 0.3) is 10.8 Å². The summed E-state index contributed by atoms with van der Waals surface area (Å²) in [6.45, 7) is 0. The van der Waals surface area contributed by atoms with E-state index >= 15 is 0 Å². The fourth-order valence-corrected chi connectivity index (χ4v) is 2.36. The molecule has 6 N–H and O–H groups in total. The molecule has 2 aromatic carbocycles. The Kier molecular flexibility index (Phi) is 2.87. The molecule has 0 saturated carbocycles. The molecule has 0 amide bonds. The van der Waals surface area contributed by atoms with Crippen molar-refractivity contribution in [2.24, 2.45) is 0 Å². The highest BCUT2D eigenvalue weighted by atomic mass is 15.1. The zero-order chi connectivity index (χ0) is 14.1. The fourth-order valence-electron chi connectivity index (χ4n) is 2.36. The average molecular weight is 265 g/mol. The quantitative estimate of drug-likeness (QED) is 0.657. The summed E-state index contributed by atoms with van der Waals surface area (Å²) in [5, 5.41) is 2.35. The van der Waals surface area contributed by atoms with Gasteiger partial charge in [-0.05, 0) is 16.3 Å². The van der Waals surface area contributed by atoms with E-state index in [-0.39, 0.29) is 5.95 Å². The first-order valence-corrected chi connectivity index (χ1v) is 6.29. The molecular formula is C15H15N5. The molecule has 0 fully saturated rings. The lowest BCUT2D eigenvalue weighted by molar-refractivity contribution is 1.11. The van der Waals surface area contributed by atoms with Crippen LogP contribution in [0.1, 0.15) is 11.1 Å². The van der Waals surface area contributed by atoms with Crippen molar-refractivity contribution in [2.45, 2.75) is 6.42 Å². The maximum absolute atomic E-state index is 5.90. The predicted octanol–water partition coefficient (Wildman–Crippen LogP) is 1.97. The van der Waals surface area contributed by atoms with E-state index in [1.807, 2.05) is 18.2 Å². The van der Waals surface area contributed by atoms with E-state index in [0.29, 0.717) is 18.1 Å². The van der Waals surface area contributed by atoms with Crippen molar-refractivity contribution in [1.82, 2.24) is 9.97 Å². The molecule has 0 atom stereocenters. The van der Waals surface area contributed by atoms with E-state index in [1.54, 1.807) is 0 Å². The number of aromatic nitrogens is 2. The number of nitrogen functional groups attached to an aromatic ring is 3. The van der Waals surface area contributed by atoms with Gasteiger partial charge in [-0.1, -0.05) is 42.5 Å². The first-order valence-electron chi connectivity index (χ1n) is 6.29. The lowest BCUT2D eigenvalue weighted by Gasteiger charge is -2.10. The van der Waals surface area contributed by atoms with Gasteiger partial charge in [0.2, 0.25) is 5.95 Å². The van der Waals surface area contributed by atoms with Crippen molar-refractivity contribution in [3.63, 3.8) is 0 Å². The maximum atomic E-state index is 5.90. The SMILES string of the molecule is Nc1nc(N)c(Cc2cccc3ccccc23)c(N)n1. The van der Waals surface area contributed by atoms with Gasteiger partial charge in [0.1, 0.15) is 11.6 Å². The molecule has 1 heterocycles. The number of benzene rings is 2. The summed E-state index contributed by atoms with van der Waals surface area (Å²) in [4.78, 5) is 7.95.